The van der Waals surface area contributed by atoms with E-state index in [1.165, 1.54) is 4.90 Å². The van der Waals surface area contributed by atoms with Gasteiger partial charge >= 0.3 is 0 Å². The van der Waals surface area contributed by atoms with E-state index in [0.717, 1.165) is 11.3 Å². The lowest BCUT2D eigenvalue weighted by molar-refractivity contribution is -0.134. The number of benzene rings is 1. The highest BCUT2D eigenvalue weighted by Gasteiger charge is 2.30. The molecule has 1 aromatic carbocycles. The van der Waals surface area contributed by atoms with Crippen LogP contribution >= 0.6 is 0 Å². The number of ether oxygens (including phenoxy) is 1. The minimum Gasteiger partial charge on any atom is -0.493 e. The average Bonchev–Trinajstić information content (AvgIpc) is 2.46. The van der Waals surface area contributed by atoms with Gasteiger partial charge in [-0.05, 0) is 12.5 Å². The van der Waals surface area contributed by atoms with Crippen LogP contribution in [0.2, 0.25) is 0 Å². The largest absolute Gasteiger partial charge is 0.493 e. The van der Waals surface area contributed by atoms with Crippen LogP contribution in [-0.4, -0.2) is 53.9 Å². The molecule has 2 N–H and O–H groups in total. The Kier molecular flexibility index (Phi) is 4.76. The van der Waals surface area contributed by atoms with Crippen molar-refractivity contribution in [2.75, 3.05) is 32.9 Å². The SMILES string of the molecule is O=C(C1CCOc2ccccc21)N(CCO)CCO. The maximum atomic E-state index is 12.5. The minimum atomic E-state index is -0.247. The fourth-order valence-corrected chi connectivity index (χ4v) is 2.39. The van der Waals surface area contributed by atoms with Gasteiger partial charge in [-0.25, -0.2) is 0 Å². The predicted molar refractivity (Wildman–Crippen MR) is 70.0 cm³/mol. The zero-order valence-electron chi connectivity index (χ0n) is 10.8. The third kappa shape index (κ3) is 3.05. The Morgan fingerprint density at radius 2 is 1.95 bits per heavy atom. The third-order valence-electron chi connectivity index (χ3n) is 3.31. The van der Waals surface area contributed by atoms with Crippen molar-refractivity contribution >= 4 is 5.91 Å². The lowest BCUT2D eigenvalue weighted by Crippen LogP contribution is -2.40. The van der Waals surface area contributed by atoms with E-state index in [2.05, 4.69) is 0 Å². The summed E-state index contributed by atoms with van der Waals surface area (Å²) < 4.78 is 5.53. The van der Waals surface area contributed by atoms with E-state index in [4.69, 9.17) is 14.9 Å². The monoisotopic (exact) mass is 265 g/mol. The zero-order valence-corrected chi connectivity index (χ0v) is 10.8. The minimum absolute atomic E-state index is 0.0566. The summed E-state index contributed by atoms with van der Waals surface area (Å²) in [5.74, 6) is 0.446. The summed E-state index contributed by atoms with van der Waals surface area (Å²) in [5, 5.41) is 18.0. The van der Waals surface area contributed by atoms with Gasteiger partial charge in [-0.3, -0.25) is 4.79 Å². The summed E-state index contributed by atoms with van der Waals surface area (Å²) in [5.41, 5.74) is 0.889. The quantitative estimate of drug-likeness (QED) is 0.807. The normalized spacial score (nSPS) is 17.5. The molecule has 0 aliphatic carbocycles. The molecule has 1 atom stereocenters. The number of carbonyl (C=O) groups is 1. The number of amides is 1. The molecular formula is C14H19NO4. The van der Waals surface area contributed by atoms with Crippen molar-refractivity contribution < 1.29 is 19.7 Å². The van der Waals surface area contributed by atoms with E-state index in [1.54, 1.807) is 0 Å². The molecule has 5 heteroatoms. The Bertz CT molecular complexity index is 429. The molecule has 1 aliphatic heterocycles. The van der Waals surface area contributed by atoms with Crippen molar-refractivity contribution in [2.45, 2.75) is 12.3 Å². The number of hydrogen-bond acceptors (Lipinski definition) is 4. The van der Waals surface area contributed by atoms with Gasteiger partial charge in [0.1, 0.15) is 5.75 Å². The molecule has 1 aliphatic rings. The molecule has 5 nitrogen and oxygen atoms in total. The van der Waals surface area contributed by atoms with Gasteiger partial charge < -0.3 is 19.8 Å². The number of nitrogens with zero attached hydrogens (tertiary/aromatic N) is 1. The van der Waals surface area contributed by atoms with Crippen LogP contribution in [0.15, 0.2) is 24.3 Å². The highest BCUT2D eigenvalue weighted by atomic mass is 16.5. The number of fused-ring (bicyclic) bond motifs is 1. The van der Waals surface area contributed by atoms with Gasteiger partial charge in [0.25, 0.3) is 0 Å². The molecule has 0 aromatic heterocycles. The van der Waals surface area contributed by atoms with E-state index in [9.17, 15) is 4.79 Å². The van der Waals surface area contributed by atoms with Crippen molar-refractivity contribution in [3.8, 4) is 5.75 Å². The summed E-state index contributed by atoms with van der Waals surface area (Å²) in [6, 6.07) is 7.52. The summed E-state index contributed by atoms with van der Waals surface area (Å²) in [7, 11) is 0. The maximum Gasteiger partial charge on any atom is 0.230 e. The Labute approximate surface area is 112 Å². The summed E-state index contributed by atoms with van der Waals surface area (Å²) >= 11 is 0. The molecule has 0 bridgehead atoms. The molecule has 0 saturated heterocycles. The number of hydrogen-bond donors (Lipinski definition) is 2. The van der Waals surface area contributed by atoms with Crippen molar-refractivity contribution in [1.29, 1.82) is 0 Å². The molecule has 104 valence electrons. The van der Waals surface area contributed by atoms with Crippen LogP contribution < -0.4 is 4.74 Å². The van der Waals surface area contributed by atoms with E-state index >= 15 is 0 Å². The molecular weight excluding hydrogens is 246 g/mol. The molecule has 2 rings (SSSR count). The van der Waals surface area contributed by atoms with Crippen LogP contribution in [0.1, 0.15) is 17.9 Å². The Balaban J connectivity index is 2.19. The van der Waals surface area contributed by atoms with Gasteiger partial charge in [0, 0.05) is 18.7 Å². The van der Waals surface area contributed by atoms with Gasteiger partial charge in [-0.1, -0.05) is 18.2 Å². The average molecular weight is 265 g/mol. The summed E-state index contributed by atoms with van der Waals surface area (Å²) in [6.45, 7) is 0.810. The van der Waals surface area contributed by atoms with Crippen LogP contribution in [0.5, 0.6) is 5.75 Å². The Hall–Kier alpha value is -1.59. The number of carbonyl (C=O) groups excluding carboxylic acids is 1. The number of aliphatic hydroxyl groups excluding tert-OH is 2. The van der Waals surface area contributed by atoms with Crippen LogP contribution in [0.4, 0.5) is 0 Å². The van der Waals surface area contributed by atoms with Gasteiger partial charge in [-0.2, -0.15) is 0 Å². The molecule has 19 heavy (non-hydrogen) atoms. The van der Waals surface area contributed by atoms with Crippen LogP contribution in [0, 0.1) is 0 Å². The van der Waals surface area contributed by atoms with Crippen LogP contribution in [-0.2, 0) is 4.79 Å². The molecule has 1 amide bonds. The van der Waals surface area contributed by atoms with Crippen LogP contribution in [0.3, 0.4) is 0 Å². The molecule has 0 radical (unpaired) electrons. The lowest BCUT2D eigenvalue weighted by atomic mass is 9.92. The van der Waals surface area contributed by atoms with Crippen LogP contribution in [0.25, 0.3) is 0 Å². The van der Waals surface area contributed by atoms with Crippen molar-refractivity contribution in [3.05, 3.63) is 29.8 Å². The molecule has 0 saturated carbocycles. The van der Waals surface area contributed by atoms with Gasteiger partial charge in [0.2, 0.25) is 5.91 Å². The summed E-state index contributed by atoms with van der Waals surface area (Å²) in [6.07, 6.45) is 0.628. The van der Waals surface area contributed by atoms with E-state index in [-0.39, 0.29) is 38.1 Å². The standard InChI is InChI=1S/C14H19NO4/c16-8-6-15(7-9-17)14(18)12-5-10-19-13-4-2-1-3-11(12)13/h1-4,12,16-17H,5-10H2. The van der Waals surface area contributed by atoms with E-state index < -0.39 is 0 Å². The van der Waals surface area contributed by atoms with Crippen molar-refractivity contribution in [2.24, 2.45) is 0 Å². The highest BCUT2D eigenvalue weighted by Crippen LogP contribution is 2.34. The first-order valence-electron chi connectivity index (χ1n) is 6.50. The van der Waals surface area contributed by atoms with Crippen molar-refractivity contribution in [3.63, 3.8) is 0 Å². The molecule has 1 aromatic rings. The van der Waals surface area contributed by atoms with E-state index in [0.29, 0.717) is 13.0 Å². The summed E-state index contributed by atoms with van der Waals surface area (Å²) in [4.78, 5) is 14.0. The predicted octanol–water partition coefficient (Wildman–Crippen LogP) is 0.366. The van der Waals surface area contributed by atoms with Gasteiger partial charge in [-0.15, -0.1) is 0 Å². The lowest BCUT2D eigenvalue weighted by Gasteiger charge is -2.30. The third-order valence-corrected chi connectivity index (χ3v) is 3.31. The number of aliphatic hydroxyl groups is 2. The first-order valence-corrected chi connectivity index (χ1v) is 6.50. The second-order valence-electron chi connectivity index (χ2n) is 4.50. The second kappa shape index (κ2) is 6.54. The fraction of sp³-hybridized carbons (Fsp3) is 0.500. The fourth-order valence-electron chi connectivity index (χ4n) is 2.39. The van der Waals surface area contributed by atoms with E-state index in [1.807, 2.05) is 24.3 Å². The second-order valence-corrected chi connectivity index (χ2v) is 4.50. The molecule has 1 unspecified atom stereocenters. The molecule has 0 spiro atoms. The topological polar surface area (TPSA) is 70.0 Å². The number of rotatable bonds is 5. The maximum absolute atomic E-state index is 12.5. The molecule has 0 fully saturated rings. The van der Waals surface area contributed by atoms with Gasteiger partial charge in [0.15, 0.2) is 0 Å². The van der Waals surface area contributed by atoms with Gasteiger partial charge in [0.05, 0.1) is 25.7 Å². The first-order chi connectivity index (χ1) is 9.27. The number of para-hydroxylation sites is 1. The Morgan fingerprint density at radius 1 is 1.26 bits per heavy atom. The zero-order chi connectivity index (χ0) is 13.7. The highest BCUT2D eigenvalue weighted by molar-refractivity contribution is 5.84. The smallest absolute Gasteiger partial charge is 0.230 e. The molecule has 1 heterocycles. The Morgan fingerprint density at radius 3 is 2.63 bits per heavy atom. The first kappa shape index (κ1) is 13.8. The van der Waals surface area contributed by atoms with Crippen molar-refractivity contribution in [1.82, 2.24) is 4.90 Å².